The largest absolute Gasteiger partial charge is 0.497 e. The summed E-state index contributed by atoms with van der Waals surface area (Å²) in [5.41, 5.74) is 0.563. The Morgan fingerprint density at radius 2 is 2.09 bits per heavy atom. The Hall–Kier alpha value is -3.09. The second-order valence-corrected chi connectivity index (χ2v) is 4.72. The molecule has 0 atom stereocenters. The number of carbonyl (C=O) groups is 1. The van der Waals surface area contributed by atoms with E-state index in [4.69, 9.17) is 13.7 Å². The number of rotatable bonds is 6. The lowest BCUT2D eigenvalue weighted by Gasteiger charge is -2.04. The average molecular weight is 313 g/mol. The molecule has 0 bridgehead atoms. The molecule has 23 heavy (non-hydrogen) atoms. The van der Waals surface area contributed by atoms with Crippen LogP contribution in [0.25, 0.3) is 11.6 Å². The van der Waals surface area contributed by atoms with Crippen molar-refractivity contribution in [1.29, 1.82) is 0 Å². The van der Waals surface area contributed by atoms with E-state index in [9.17, 15) is 4.79 Å². The van der Waals surface area contributed by atoms with Gasteiger partial charge in [-0.15, -0.1) is 0 Å². The van der Waals surface area contributed by atoms with Crippen molar-refractivity contribution in [1.82, 2.24) is 15.5 Å². The summed E-state index contributed by atoms with van der Waals surface area (Å²) in [6.45, 7) is 0.394. The molecule has 2 aromatic heterocycles. The van der Waals surface area contributed by atoms with Crippen molar-refractivity contribution >= 4 is 5.91 Å². The van der Waals surface area contributed by atoms with Gasteiger partial charge in [-0.25, -0.2) is 0 Å². The molecule has 118 valence electrons. The zero-order chi connectivity index (χ0) is 16.1. The Balaban J connectivity index is 1.51. The van der Waals surface area contributed by atoms with Crippen molar-refractivity contribution in [3.8, 4) is 17.3 Å². The highest BCUT2D eigenvalue weighted by Gasteiger charge is 2.11. The first-order chi connectivity index (χ1) is 11.3. The number of hydrogen-bond acceptors (Lipinski definition) is 6. The first-order valence-corrected chi connectivity index (χ1v) is 7.05. The fraction of sp³-hybridized carbons (Fsp3) is 0.188. The topological polar surface area (TPSA) is 90.4 Å². The van der Waals surface area contributed by atoms with Crippen LogP contribution in [0, 0.1) is 0 Å². The first kappa shape index (κ1) is 14.8. The molecular formula is C16H15N3O4. The number of hydrogen-bond donors (Lipinski definition) is 1. The van der Waals surface area contributed by atoms with Gasteiger partial charge >= 0.3 is 0 Å². The highest BCUT2D eigenvalue weighted by atomic mass is 16.5. The van der Waals surface area contributed by atoms with Gasteiger partial charge in [-0.3, -0.25) is 4.79 Å². The maximum Gasteiger partial charge on any atom is 0.251 e. The van der Waals surface area contributed by atoms with E-state index in [0.717, 1.165) is 0 Å². The average Bonchev–Trinajstić information content (AvgIpc) is 3.26. The third kappa shape index (κ3) is 3.57. The van der Waals surface area contributed by atoms with Crippen LogP contribution in [0.3, 0.4) is 0 Å². The van der Waals surface area contributed by atoms with E-state index in [0.29, 0.717) is 41.8 Å². The molecule has 1 N–H and O–H groups in total. The summed E-state index contributed by atoms with van der Waals surface area (Å²) in [7, 11) is 1.58. The predicted octanol–water partition coefficient (Wildman–Crippen LogP) is 2.31. The molecule has 0 aliphatic rings. The van der Waals surface area contributed by atoms with Crippen molar-refractivity contribution in [3.05, 3.63) is 54.1 Å². The van der Waals surface area contributed by atoms with Crippen molar-refractivity contribution in [3.63, 3.8) is 0 Å². The minimum absolute atomic E-state index is 0.168. The molecule has 7 nitrogen and oxygen atoms in total. The SMILES string of the molecule is COc1ccc(C(=O)NCCc2nc(-c3ccco3)no2)cc1. The summed E-state index contributed by atoms with van der Waals surface area (Å²) in [5.74, 6) is 1.91. The number of ether oxygens (including phenoxy) is 1. The fourth-order valence-electron chi connectivity index (χ4n) is 1.99. The number of amides is 1. The molecule has 0 saturated heterocycles. The summed E-state index contributed by atoms with van der Waals surface area (Å²) >= 11 is 0. The van der Waals surface area contributed by atoms with Gasteiger partial charge in [0.1, 0.15) is 5.75 Å². The number of carbonyl (C=O) groups excluding carboxylic acids is 1. The van der Waals surface area contributed by atoms with Gasteiger partial charge in [-0.05, 0) is 36.4 Å². The summed E-state index contributed by atoms with van der Waals surface area (Å²) < 4.78 is 15.4. The van der Waals surface area contributed by atoms with Crippen molar-refractivity contribution in [2.75, 3.05) is 13.7 Å². The molecule has 0 unspecified atom stereocenters. The van der Waals surface area contributed by atoms with E-state index in [1.165, 1.54) is 0 Å². The fourth-order valence-corrected chi connectivity index (χ4v) is 1.99. The van der Waals surface area contributed by atoms with Crippen LogP contribution in [0.15, 0.2) is 51.6 Å². The Morgan fingerprint density at radius 1 is 1.26 bits per heavy atom. The van der Waals surface area contributed by atoms with Gasteiger partial charge in [0.05, 0.1) is 13.4 Å². The molecule has 0 aliphatic carbocycles. The van der Waals surface area contributed by atoms with E-state index >= 15 is 0 Å². The third-order valence-electron chi connectivity index (χ3n) is 3.19. The lowest BCUT2D eigenvalue weighted by Crippen LogP contribution is -2.25. The van der Waals surface area contributed by atoms with Crippen LogP contribution >= 0.6 is 0 Å². The van der Waals surface area contributed by atoms with Crippen molar-refractivity contribution in [2.24, 2.45) is 0 Å². The van der Waals surface area contributed by atoms with Gasteiger partial charge in [0.25, 0.3) is 5.91 Å². The van der Waals surface area contributed by atoms with Gasteiger partial charge in [-0.2, -0.15) is 4.98 Å². The van der Waals surface area contributed by atoms with Gasteiger partial charge < -0.3 is 19.0 Å². The lowest BCUT2D eigenvalue weighted by atomic mass is 10.2. The Kier molecular flexibility index (Phi) is 4.37. The molecule has 0 radical (unpaired) electrons. The van der Waals surface area contributed by atoms with Crippen LogP contribution < -0.4 is 10.1 Å². The molecule has 7 heteroatoms. The molecule has 0 fully saturated rings. The monoisotopic (exact) mass is 313 g/mol. The van der Waals surface area contributed by atoms with Crippen molar-refractivity contribution < 1.29 is 18.5 Å². The molecule has 1 amide bonds. The number of furan rings is 1. The minimum Gasteiger partial charge on any atom is -0.497 e. The molecule has 0 spiro atoms. The third-order valence-corrected chi connectivity index (χ3v) is 3.19. The molecule has 1 aromatic carbocycles. The van der Waals surface area contributed by atoms with Crippen LogP contribution in [0.5, 0.6) is 5.75 Å². The van der Waals surface area contributed by atoms with E-state index in [2.05, 4.69) is 15.5 Å². The lowest BCUT2D eigenvalue weighted by molar-refractivity contribution is 0.0953. The van der Waals surface area contributed by atoms with Crippen LogP contribution in [0.1, 0.15) is 16.2 Å². The summed E-state index contributed by atoms with van der Waals surface area (Å²) in [5, 5.41) is 6.63. The second-order valence-electron chi connectivity index (χ2n) is 4.72. The molecule has 0 aliphatic heterocycles. The minimum atomic E-state index is -0.168. The highest BCUT2D eigenvalue weighted by molar-refractivity contribution is 5.94. The van der Waals surface area contributed by atoms with Gasteiger partial charge in [0.15, 0.2) is 5.76 Å². The predicted molar refractivity (Wildman–Crippen MR) is 81.0 cm³/mol. The molecule has 0 saturated carbocycles. The van der Waals surface area contributed by atoms with E-state index < -0.39 is 0 Å². The standard InChI is InChI=1S/C16H15N3O4/c1-21-12-6-4-11(5-7-12)16(20)17-9-8-14-18-15(19-23-14)13-3-2-10-22-13/h2-7,10H,8-9H2,1H3,(H,17,20). The maximum atomic E-state index is 12.0. The van der Waals surface area contributed by atoms with Crippen LogP contribution in [0.4, 0.5) is 0 Å². The highest BCUT2D eigenvalue weighted by Crippen LogP contribution is 2.15. The molecule has 3 rings (SSSR count). The summed E-state index contributed by atoms with van der Waals surface area (Å²) in [6.07, 6.45) is 1.98. The number of nitrogens with one attached hydrogen (secondary N) is 1. The number of methoxy groups -OCH3 is 1. The van der Waals surface area contributed by atoms with E-state index in [1.54, 1.807) is 49.8 Å². The van der Waals surface area contributed by atoms with E-state index in [-0.39, 0.29) is 5.91 Å². The van der Waals surface area contributed by atoms with E-state index in [1.807, 2.05) is 0 Å². The molecular weight excluding hydrogens is 298 g/mol. The Labute approximate surface area is 132 Å². The summed E-state index contributed by atoms with van der Waals surface area (Å²) in [6, 6.07) is 10.4. The van der Waals surface area contributed by atoms with Crippen LogP contribution in [-0.4, -0.2) is 29.7 Å². The zero-order valence-electron chi connectivity index (χ0n) is 12.5. The normalized spacial score (nSPS) is 10.5. The van der Waals surface area contributed by atoms with Gasteiger partial charge in [0, 0.05) is 18.5 Å². The van der Waals surface area contributed by atoms with Gasteiger partial charge in [0.2, 0.25) is 11.7 Å². The molecule has 3 aromatic rings. The van der Waals surface area contributed by atoms with Crippen molar-refractivity contribution in [2.45, 2.75) is 6.42 Å². The number of benzene rings is 1. The number of aromatic nitrogens is 2. The Morgan fingerprint density at radius 3 is 2.78 bits per heavy atom. The smallest absolute Gasteiger partial charge is 0.251 e. The first-order valence-electron chi connectivity index (χ1n) is 7.05. The van der Waals surface area contributed by atoms with Crippen LogP contribution in [0.2, 0.25) is 0 Å². The quantitative estimate of drug-likeness (QED) is 0.751. The molecule has 2 heterocycles. The second kappa shape index (κ2) is 6.78. The zero-order valence-corrected chi connectivity index (χ0v) is 12.5. The Bertz CT molecular complexity index is 763. The number of nitrogens with zero attached hydrogens (tertiary/aromatic N) is 2. The summed E-state index contributed by atoms with van der Waals surface area (Å²) in [4.78, 5) is 16.2. The van der Waals surface area contributed by atoms with Gasteiger partial charge in [-0.1, -0.05) is 5.16 Å². The van der Waals surface area contributed by atoms with Crippen LogP contribution in [-0.2, 0) is 6.42 Å². The maximum absolute atomic E-state index is 12.0.